The number of rotatable bonds is 4. The van der Waals surface area contributed by atoms with Crippen LogP contribution in [0.15, 0.2) is 0 Å². The van der Waals surface area contributed by atoms with Crippen LogP contribution < -0.4 is 5.32 Å². The Morgan fingerprint density at radius 3 is 2.60 bits per heavy atom. The van der Waals surface area contributed by atoms with Gasteiger partial charge in [-0.1, -0.05) is 0 Å². The smallest absolute Gasteiger partial charge is 0.323 e. The molecule has 1 saturated heterocycles. The van der Waals surface area contributed by atoms with E-state index in [-0.39, 0.29) is 17.9 Å². The molecule has 2 rings (SSSR count). The molecule has 0 aromatic heterocycles. The van der Waals surface area contributed by atoms with Gasteiger partial charge >= 0.3 is 5.97 Å². The quantitative estimate of drug-likeness (QED) is 0.639. The summed E-state index contributed by atoms with van der Waals surface area (Å²) in [7, 11) is 1.38. The van der Waals surface area contributed by atoms with Gasteiger partial charge in [0.2, 0.25) is 5.91 Å². The summed E-state index contributed by atoms with van der Waals surface area (Å²) in [6.45, 7) is 1.12. The van der Waals surface area contributed by atoms with Gasteiger partial charge in [-0.2, -0.15) is 0 Å². The van der Waals surface area contributed by atoms with Gasteiger partial charge in [-0.05, 0) is 19.3 Å². The first-order chi connectivity index (χ1) is 7.20. The van der Waals surface area contributed by atoms with Crippen molar-refractivity contribution in [2.75, 3.05) is 20.2 Å². The number of likely N-dealkylation sites (tertiary alicyclic amines) is 1. The molecule has 0 aromatic rings. The van der Waals surface area contributed by atoms with Gasteiger partial charge in [-0.25, -0.2) is 0 Å². The fourth-order valence-electron chi connectivity index (χ4n) is 1.72. The maximum absolute atomic E-state index is 11.4. The molecule has 2 fully saturated rings. The molecule has 1 heterocycles. The van der Waals surface area contributed by atoms with E-state index in [1.807, 2.05) is 4.90 Å². The van der Waals surface area contributed by atoms with Gasteiger partial charge in [0.25, 0.3) is 0 Å². The predicted molar refractivity (Wildman–Crippen MR) is 53.2 cm³/mol. The normalized spacial score (nSPS) is 25.5. The van der Waals surface area contributed by atoms with Crippen molar-refractivity contribution < 1.29 is 14.3 Å². The number of ether oxygens (including phenoxy) is 1. The minimum Gasteiger partial charge on any atom is -0.468 e. The van der Waals surface area contributed by atoms with E-state index in [1.165, 1.54) is 7.11 Å². The highest BCUT2D eigenvalue weighted by Crippen LogP contribution is 2.20. The van der Waals surface area contributed by atoms with Crippen LogP contribution in [0.2, 0.25) is 0 Å². The molecule has 1 aliphatic carbocycles. The van der Waals surface area contributed by atoms with Gasteiger partial charge in [0.05, 0.1) is 13.7 Å². The molecule has 5 nitrogen and oxygen atoms in total. The largest absolute Gasteiger partial charge is 0.468 e. The van der Waals surface area contributed by atoms with E-state index in [4.69, 9.17) is 0 Å². The van der Waals surface area contributed by atoms with E-state index in [0.29, 0.717) is 12.6 Å². The van der Waals surface area contributed by atoms with Gasteiger partial charge in [0.1, 0.15) is 6.04 Å². The lowest BCUT2D eigenvalue weighted by Crippen LogP contribution is -2.55. The minimum atomic E-state index is -0.236. The van der Waals surface area contributed by atoms with Crippen LogP contribution in [0.5, 0.6) is 0 Å². The Morgan fingerprint density at radius 2 is 2.13 bits per heavy atom. The summed E-state index contributed by atoms with van der Waals surface area (Å²) >= 11 is 0. The topological polar surface area (TPSA) is 58.6 Å². The van der Waals surface area contributed by atoms with Crippen LogP contribution in [0, 0.1) is 0 Å². The first-order valence-corrected chi connectivity index (χ1v) is 5.32. The molecule has 2 aliphatic rings. The van der Waals surface area contributed by atoms with Crippen molar-refractivity contribution in [1.82, 2.24) is 10.2 Å². The predicted octanol–water partition coefficient (Wildman–Crippen LogP) is -0.488. The summed E-state index contributed by atoms with van der Waals surface area (Å²) in [5.74, 6) is -0.216. The van der Waals surface area contributed by atoms with E-state index in [1.54, 1.807) is 0 Å². The molecule has 15 heavy (non-hydrogen) atoms. The lowest BCUT2D eigenvalue weighted by molar-refractivity contribution is -0.152. The maximum atomic E-state index is 11.4. The zero-order valence-electron chi connectivity index (χ0n) is 8.86. The third-order valence-corrected chi connectivity index (χ3v) is 2.89. The minimum absolute atomic E-state index is 0.0195. The van der Waals surface area contributed by atoms with E-state index in [9.17, 15) is 9.59 Å². The highest BCUT2D eigenvalue weighted by atomic mass is 16.5. The number of hydrogen-bond donors (Lipinski definition) is 1. The van der Waals surface area contributed by atoms with Crippen LogP contribution in [-0.2, 0) is 14.3 Å². The van der Waals surface area contributed by atoms with Crippen molar-refractivity contribution >= 4 is 11.9 Å². The van der Waals surface area contributed by atoms with Gasteiger partial charge in [0.15, 0.2) is 0 Å². The number of carbonyl (C=O) groups is 2. The third-order valence-electron chi connectivity index (χ3n) is 2.89. The van der Waals surface area contributed by atoms with Crippen LogP contribution in [0.1, 0.15) is 19.3 Å². The fraction of sp³-hybridized carbons (Fsp3) is 0.800. The summed E-state index contributed by atoms with van der Waals surface area (Å²) in [5, 5.41) is 2.90. The third kappa shape index (κ3) is 2.47. The van der Waals surface area contributed by atoms with Crippen LogP contribution >= 0.6 is 0 Å². The number of nitrogens with one attached hydrogen (secondary N) is 1. The summed E-state index contributed by atoms with van der Waals surface area (Å²) < 4.78 is 4.65. The molecule has 1 aliphatic heterocycles. The molecule has 0 spiro atoms. The Kier molecular flexibility index (Phi) is 2.90. The van der Waals surface area contributed by atoms with Crippen LogP contribution in [0.4, 0.5) is 0 Å². The molecule has 1 unspecified atom stereocenters. The van der Waals surface area contributed by atoms with Gasteiger partial charge in [-0.15, -0.1) is 0 Å². The Morgan fingerprint density at radius 1 is 1.40 bits per heavy atom. The van der Waals surface area contributed by atoms with Gasteiger partial charge in [-0.3, -0.25) is 14.5 Å². The lowest BCUT2D eigenvalue weighted by atomic mass is 10.0. The monoisotopic (exact) mass is 212 g/mol. The summed E-state index contributed by atoms with van der Waals surface area (Å²) in [5.41, 5.74) is 0. The zero-order chi connectivity index (χ0) is 10.8. The highest BCUT2D eigenvalue weighted by Gasteiger charge is 2.36. The van der Waals surface area contributed by atoms with Crippen molar-refractivity contribution in [1.29, 1.82) is 0 Å². The Bertz CT molecular complexity index is 276. The Balaban J connectivity index is 1.74. The molecular weight excluding hydrogens is 196 g/mol. The van der Waals surface area contributed by atoms with Crippen LogP contribution in [-0.4, -0.2) is 49.1 Å². The number of amides is 1. The molecule has 1 saturated carbocycles. The molecule has 0 radical (unpaired) electrons. The maximum Gasteiger partial charge on any atom is 0.323 e. The van der Waals surface area contributed by atoms with E-state index < -0.39 is 0 Å². The Hall–Kier alpha value is -1.10. The first-order valence-electron chi connectivity index (χ1n) is 5.32. The molecule has 1 atom stereocenters. The average molecular weight is 212 g/mol. The summed E-state index contributed by atoms with van der Waals surface area (Å²) in [6.07, 6.45) is 2.97. The van der Waals surface area contributed by atoms with Crippen molar-refractivity contribution in [2.45, 2.75) is 31.3 Å². The number of nitrogens with zero attached hydrogens (tertiary/aromatic N) is 1. The molecule has 0 bridgehead atoms. The van der Waals surface area contributed by atoms with Gasteiger partial charge in [0, 0.05) is 12.6 Å². The summed E-state index contributed by atoms with van der Waals surface area (Å²) in [4.78, 5) is 24.5. The second kappa shape index (κ2) is 4.18. The standard InChI is InChI=1S/C10H16N2O3/c1-15-10(14)8-4-5-12(8)6-9(13)11-7-2-3-7/h7-8H,2-6H2,1H3,(H,11,13). The second-order valence-corrected chi connectivity index (χ2v) is 4.14. The molecule has 5 heteroatoms. The van der Waals surface area contributed by atoms with E-state index in [0.717, 1.165) is 25.8 Å². The van der Waals surface area contributed by atoms with Crippen molar-refractivity contribution in [3.05, 3.63) is 0 Å². The second-order valence-electron chi connectivity index (χ2n) is 4.14. The fourth-order valence-corrected chi connectivity index (χ4v) is 1.72. The highest BCUT2D eigenvalue weighted by molar-refractivity contribution is 5.81. The van der Waals surface area contributed by atoms with Crippen molar-refractivity contribution in [2.24, 2.45) is 0 Å². The molecule has 84 valence electrons. The molecule has 1 amide bonds. The SMILES string of the molecule is COC(=O)C1CCN1CC(=O)NC1CC1. The lowest BCUT2D eigenvalue weighted by Gasteiger charge is -2.37. The van der Waals surface area contributed by atoms with Crippen LogP contribution in [0.3, 0.4) is 0 Å². The molecule has 0 aromatic carbocycles. The average Bonchev–Trinajstić information content (AvgIpc) is 2.96. The Labute approximate surface area is 88.8 Å². The number of hydrogen-bond acceptors (Lipinski definition) is 4. The van der Waals surface area contributed by atoms with Crippen molar-refractivity contribution in [3.63, 3.8) is 0 Å². The number of carbonyl (C=O) groups excluding carboxylic acids is 2. The zero-order valence-corrected chi connectivity index (χ0v) is 8.86. The van der Waals surface area contributed by atoms with Crippen LogP contribution in [0.25, 0.3) is 0 Å². The first kappa shape index (κ1) is 10.4. The number of methoxy groups -OCH3 is 1. The molecule has 1 N–H and O–H groups in total. The van der Waals surface area contributed by atoms with E-state index >= 15 is 0 Å². The summed E-state index contributed by atoms with van der Waals surface area (Å²) in [6, 6.07) is 0.176. The van der Waals surface area contributed by atoms with E-state index in [2.05, 4.69) is 10.1 Å². The number of esters is 1. The molecular formula is C10H16N2O3. The van der Waals surface area contributed by atoms with Gasteiger partial charge < -0.3 is 10.1 Å². The van der Waals surface area contributed by atoms with Crippen molar-refractivity contribution in [3.8, 4) is 0 Å².